The Morgan fingerprint density at radius 1 is 1.08 bits per heavy atom. The lowest BCUT2D eigenvalue weighted by molar-refractivity contribution is 0.000514. The SMILES string of the molecule is C[CH]C(C)OC1CCCCCCC1. The van der Waals surface area contributed by atoms with Crippen LogP contribution in [0.1, 0.15) is 58.8 Å². The standard InChI is InChI=1S/C12H23O/c1-3-11(2)13-12-9-7-5-4-6-8-10-12/h3,11-12H,4-10H2,1-2H3. The second-order valence-electron chi connectivity index (χ2n) is 4.14. The molecular weight excluding hydrogens is 160 g/mol. The van der Waals surface area contributed by atoms with Crippen LogP contribution in [0.25, 0.3) is 0 Å². The Bertz CT molecular complexity index is 114. The Labute approximate surface area is 82.9 Å². The number of rotatable bonds is 3. The molecule has 77 valence electrons. The van der Waals surface area contributed by atoms with Crippen molar-refractivity contribution in [3.8, 4) is 0 Å². The highest BCUT2D eigenvalue weighted by atomic mass is 16.5. The van der Waals surface area contributed by atoms with Crippen molar-refractivity contribution in [1.82, 2.24) is 0 Å². The zero-order chi connectivity index (χ0) is 9.52. The molecule has 1 rings (SSSR count). The predicted octanol–water partition coefficient (Wildman–Crippen LogP) is 3.73. The van der Waals surface area contributed by atoms with Gasteiger partial charge < -0.3 is 4.74 Å². The molecule has 0 bridgehead atoms. The van der Waals surface area contributed by atoms with Gasteiger partial charge in [0.25, 0.3) is 0 Å². The van der Waals surface area contributed by atoms with Crippen LogP contribution in [0.15, 0.2) is 0 Å². The molecule has 0 aromatic heterocycles. The molecule has 0 aromatic carbocycles. The van der Waals surface area contributed by atoms with E-state index < -0.39 is 0 Å². The zero-order valence-electron chi connectivity index (χ0n) is 9.09. The first kappa shape index (κ1) is 11.0. The van der Waals surface area contributed by atoms with Crippen LogP contribution in [0.3, 0.4) is 0 Å². The van der Waals surface area contributed by atoms with Gasteiger partial charge in [-0.25, -0.2) is 0 Å². The van der Waals surface area contributed by atoms with E-state index in [-0.39, 0.29) is 0 Å². The smallest absolute Gasteiger partial charge is 0.0579 e. The van der Waals surface area contributed by atoms with E-state index in [0.717, 1.165) is 0 Å². The molecule has 1 fully saturated rings. The molecule has 0 aliphatic heterocycles. The lowest BCUT2D eigenvalue weighted by Gasteiger charge is -2.23. The third-order valence-corrected chi connectivity index (χ3v) is 2.93. The Kier molecular flexibility index (Phi) is 5.45. The van der Waals surface area contributed by atoms with E-state index in [1.54, 1.807) is 0 Å². The van der Waals surface area contributed by atoms with Gasteiger partial charge in [0.2, 0.25) is 0 Å². The minimum absolute atomic E-state index is 0.337. The minimum atomic E-state index is 0.337. The van der Waals surface area contributed by atoms with Crippen LogP contribution in [0.2, 0.25) is 0 Å². The molecule has 1 unspecified atom stereocenters. The summed E-state index contributed by atoms with van der Waals surface area (Å²) in [6, 6.07) is 0. The molecular formula is C12H23O. The fourth-order valence-electron chi connectivity index (χ4n) is 1.94. The predicted molar refractivity (Wildman–Crippen MR) is 56.6 cm³/mol. The van der Waals surface area contributed by atoms with Crippen molar-refractivity contribution >= 4 is 0 Å². The molecule has 1 aliphatic rings. The molecule has 0 amide bonds. The number of ether oxygens (including phenoxy) is 1. The van der Waals surface area contributed by atoms with Crippen LogP contribution < -0.4 is 0 Å². The van der Waals surface area contributed by atoms with Crippen molar-refractivity contribution in [2.24, 2.45) is 0 Å². The van der Waals surface area contributed by atoms with E-state index in [9.17, 15) is 0 Å². The third kappa shape index (κ3) is 4.66. The van der Waals surface area contributed by atoms with Gasteiger partial charge in [-0.3, -0.25) is 0 Å². The molecule has 1 heteroatoms. The summed E-state index contributed by atoms with van der Waals surface area (Å²) in [6.45, 7) is 4.21. The summed E-state index contributed by atoms with van der Waals surface area (Å²) in [5.41, 5.74) is 0. The molecule has 0 N–H and O–H groups in total. The van der Waals surface area contributed by atoms with Gasteiger partial charge in [-0.2, -0.15) is 0 Å². The Hall–Kier alpha value is -0.0400. The number of hydrogen-bond acceptors (Lipinski definition) is 1. The highest BCUT2D eigenvalue weighted by molar-refractivity contribution is 4.70. The molecule has 0 heterocycles. The lowest BCUT2D eigenvalue weighted by atomic mass is 9.98. The average molecular weight is 183 g/mol. The fraction of sp³-hybridized carbons (Fsp3) is 0.917. The Morgan fingerprint density at radius 2 is 1.62 bits per heavy atom. The van der Waals surface area contributed by atoms with Crippen LogP contribution in [-0.2, 0) is 4.74 Å². The summed E-state index contributed by atoms with van der Waals surface area (Å²) < 4.78 is 5.92. The lowest BCUT2D eigenvalue weighted by Crippen LogP contribution is -2.20. The van der Waals surface area contributed by atoms with Crippen LogP contribution in [0.4, 0.5) is 0 Å². The van der Waals surface area contributed by atoms with Gasteiger partial charge in [-0.1, -0.05) is 39.0 Å². The fourth-order valence-corrected chi connectivity index (χ4v) is 1.94. The van der Waals surface area contributed by atoms with Gasteiger partial charge in [0.05, 0.1) is 12.2 Å². The number of hydrogen-bond donors (Lipinski definition) is 0. The summed E-state index contributed by atoms with van der Waals surface area (Å²) in [7, 11) is 0. The van der Waals surface area contributed by atoms with Gasteiger partial charge in [-0.15, -0.1) is 0 Å². The second kappa shape index (κ2) is 6.42. The van der Waals surface area contributed by atoms with Crippen molar-refractivity contribution in [3.63, 3.8) is 0 Å². The maximum Gasteiger partial charge on any atom is 0.0579 e. The Balaban J connectivity index is 2.21. The van der Waals surface area contributed by atoms with Gasteiger partial charge >= 0.3 is 0 Å². The highest BCUT2D eigenvalue weighted by Gasteiger charge is 2.13. The largest absolute Gasteiger partial charge is 0.375 e. The van der Waals surface area contributed by atoms with Gasteiger partial charge in [0, 0.05) is 0 Å². The van der Waals surface area contributed by atoms with E-state index in [2.05, 4.69) is 20.3 Å². The van der Waals surface area contributed by atoms with Crippen molar-refractivity contribution in [1.29, 1.82) is 0 Å². The second-order valence-corrected chi connectivity index (χ2v) is 4.14. The molecule has 0 saturated heterocycles. The van der Waals surface area contributed by atoms with Crippen molar-refractivity contribution in [3.05, 3.63) is 6.42 Å². The molecule has 1 nitrogen and oxygen atoms in total. The van der Waals surface area contributed by atoms with Crippen LogP contribution in [0, 0.1) is 6.42 Å². The van der Waals surface area contributed by atoms with Crippen LogP contribution >= 0.6 is 0 Å². The Morgan fingerprint density at radius 3 is 2.15 bits per heavy atom. The van der Waals surface area contributed by atoms with Gasteiger partial charge in [-0.05, 0) is 26.2 Å². The third-order valence-electron chi connectivity index (χ3n) is 2.93. The van der Waals surface area contributed by atoms with Crippen molar-refractivity contribution in [2.75, 3.05) is 0 Å². The average Bonchev–Trinajstić information content (AvgIpc) is 2.09. The first-order valence-corrected chi connectivity index (χ1v) is 5.78. The maximum absolute atomic E-state index is 5.92. The van der Waals surface area contributed by atoms with E-state index in [0.29, 0.717) is 12.2 Å². The molecule has 0 aromatic rings. The summed E-state index contributed by atoms with van der Waals surface area (Å²) >= 11 is 0. The summed E-state index contributed by atoms with van der Waals surface area (Å²) in [5, 5.41) is 0. The monoisotopic (exact) mass is 183 g/mol. The molecule has 1 aliphatic carbocycles. The molecule has 1 radical (unpaired) electrons. The van der Waals surface area contributed by atoms with Crippen LogP contribution in [-0.4, -0.2) is 12.2 Å². The molecule has 0 spiro atoms. The van der Waals surface area contributed by atoms with E-state index in [1.165, 1.54) is 44.9 Å². The molecule has 1 saturated carbocycles. The summed E-state index contributed by atoms with van der Waals surface area (Å²) in [6.07, 6.45) is 12.5. The van der Waals surface area contributed by atoms with Gasteiger partial charge in [0.15, 0.2) is 0 Å². The quantitative estimate of drug-likeness (QED) is 0.648. The van der Waals surface area contributed by atoms with Crippen LogP contribution in [0.5, 0.6) is 0 Å². The van der Waals surface area contributed by atoms with Crippen molar-refractivity contribution in [2.45, 2.75) is 71.0 Å². The topological polar surface area (TPSA) is 9.23 Å². The summed E-state index contributed by atoms with van der Waals surface area (Å²) in [4.78, 5) is 0. The normalized spacial score (nSPS) is 23.5. The first-order chi connectivity index (χ1) is 6.33. The van der Waals surface area contributed by atoms with E-state index in [1.807, 2.05) is 0 Å². The molecule has 1 atom stereocenters. The van der Waals surface area contributed by atoms with E-state index in [4.69, 9.17) is 4.74 Å². The first-order valence-electron chi connectivity index (χ1n) is 5.78. The summed E-state index contributed by atoms with van der Waals surface area (Å²) in [5.74, 6) is 0. The zero-order valence-corrected chi connectivity index (χ0v) is 9.09. The maximum atomic E-state index is 5.92. The van der Waals surface area contributed by atoms with Gasteiger partial charge in [0.1, 0.15) is 0 Å². The minimum Gasteiger partial charge on any atom is -0.375 e. The van der Waals surface area contributed by atoms with E-state index >= 15 is 0 Å². The molecule has 13 heavy (non-hydrogen) atoms. The van der Waals surface area contributed by atoms with Crippen molar-refractivity contribution < 1.29 is 4.74 Å². The highest BCUT2D eigenvalue weighted by Crippen LogP contribution is 2.20.